The third-order valence-corrected chi connectivity index (χ3v) is 2.55. The molecule has 2 rings (SSSR count). The molecule has 0 bridgehead atoms. The number of nitrogens with two attached hydrogens (primary N) is 1. The van der Waals surface area contributed by atoms with E-state index >= 15 is 0 Å². The van der Waals surface area contributed by atoms with Crippen molar-refractivity contribution in [2.75, 3.05) is 5.73 Å². The molecule has 5 nitrogen and oxygen atoms in total. The molecule has 2 heterocycles. The third kappa shape index (κ3) is 2.09. The number of anilines is 1. The Hall–Kier alpha value is -2.03. The van der Waals surface area contributed by atoms with Gasteiger partial charge in [0, 0.05) is 13.0 Å². The van der Waals surface area contributed by atoms with Gasteiger partial charge < -0.3 is 10.3 Å². The predicted octanol–water partition coefficient (Wildman–Crippen LogP) is 0.199. The van der Waals surface area contributed by atoms with Crippen LogP contribution in [0.2, 0.25) is 6.82 Å². The maximum absolute atomic E-state index is 5.77. The minimum atomic E-state index is 0.411. The van der Waals surface area contributed by atoms with E-state index in [1.807, 2.05) is 18.7 Å². The monoisotopic (exact) mass is 226 g/mol. The number of fused-ring (bicyclic) bond motifs is 1. The molecule has 0 aromatic carbocycles. The van der Waals surface area contributed by atoms with Gasteiger partial charge >= 0.3 is 0 Å². The average Bonchev–Trinajstić information content (AvgIpc) is 2.70. The minimum absolute atomic E-state index is 0.411. The normalized spacial score (nSPS) is 10.4. The number of aryl methyl sites for hydroxylation is 1. The first-order valence-electron chi connectivity index (χ1n) is 5.47. The van der Waals surface area contributed by atoms with Gasteiger partial charge in [-0.3, -0.25) is 0 Å². The summed E-state index contributed by atoms with van der Waals surface area (Å²) in [7, 11) is 1.93. The highest BCUT2D eigenvalue weighted by Crippen LogP contribution is 2.13. The fourth-order valence-corrected chi connectivity index (χ4v) is 1.75. The van der Waals surface area contributed by atoms with E-state index < -0.39 is 0 Å². The standard InChI is InChI=1S/C11H13BN5/c1-3-4-5-6-17-10-8(16-11(17)12-2)9(13)14-7-15-10/h1,7H,4-6H2,2H3,(H2,13,14,15). The molecule has 85 valence electrons. The van der Waals surface area contributed by atoms with Crippen LogP contribution in [0.4, 0.5) is 5.82 Å². The lowest BCUT2D eigenvalue weighted by Gasteiger charge is -2.05. The number of hydrogen-bond donors (Lipinski definition) is 1. The molecule has 17 heavy (non-hydrogen) atoms. The first-order chi connectivity index (χ1) is 8.27. The lowest BCUT2D eigenvalue weighted by molar-refractivity contribution is 0.680. The van der Waals surface area contributed by atoms with Crippen molar-refractivity contribution in [2.24, 2.45) is 0 Å². The van der Waals surface area contributed by atoms with Crippen LogP contribution in [-0.2, 0) is 6.54 Å². The molecule has 0 fully saturated rings. The van der Waals surface area contributed by atoms with Crippen molar-refractivity contribution < 1.29 is 0 Å². The van der Waals surface area contributed by atoms with E-state index in [0.717, 1.165) is 30.8 Å². The number of rotatable bonds is 4. The Morgan fingerprint density at radius 3 is 3.06 bits per heavy atom. The van der Waals surface area contributed by atoms with Crippen LogP contribution in [0.15, 0.2) is 6.33 Å². The summed E-state index contributed by atoms with van der Waals surface area (Å²) in [6.45, 7) is 2.72. The van der Waals surface area contributed by atoms with Gasteiger partial charge in [-0.05, 0) is 6.42 Å². The molecule has 2 aromatic heterocycles. The fraction of sp³-hybridized carbons (Fsp3) is 0.364. The van der Waals surface area contributed by atoms with Crippen LogP contribution < -0.4 is 11.5 Å². The van der Waals surface area contributed by atoms with Crippen LogP contribution >= 0.6 is 0 Å². The number of nitrogen functional groups attached to an aromatic ring is 1. The first kappa shape index (κ1) is 11.5. The van der Waals surface area contributed by atoms with Crippen LogP contribution in [0.25, 0.3) is 11.2 Å². The molecule has 2 N–H and O–H groups in total. The van der Waals surface area contributed by atoms with E-state index in [2.05, 4.69) is 20.9 Å². The van der Waals surface area contributed by atoms with E-state index in [0.29, 0.717) is 11.3 Å². The Morgan fingerprint density at radius 1 is 1.53 bits per heavy atom. The summed E-state index contributed by atoms with van der Waals surface area (Å²) in [5.41, 5.74) is 8.05. The summed E-state index contributed by atoms with van der Waals surface area (Å²) in [5, 5.41) is 0. The molecule has 0 atom stereocenters. The van der Waals surface area contributed by atoms with Crippen LogP contribution in [0.1, 0.15) is 12.8 Å². The Labute approximate surface area is 101 Å². The summed E-state index contributed by atoms with van der Waals surface area (Å²) in [5.74, 6) is 3.04. The van der Waals surface area contributed by atoms with Gasteiger partial charge in [-0.25, -0.2) is 15.0 Å². The van der Waals surface area contributed by atoms with Gasteiger partial charge in [0.1, 0.15) is 11.8 Å². The highest BCUT2D eigenvalue weighted by Gasteiger charge is 2.12. The number of unbranched alkanes of at least 4 members (excludes halogenated alkanes) is 1. The van der Waals surface area contributed by atoms with Crippen molar-refractivity contribution in [3.8, 4) is 12.3 Å². The van der Waals surface area contributed by atoms with Gasteiger partial charge in [0.05, 0.1) is 5.72 Å². The largest absolute Gasteiger partial charge is 0.382 e. The van der Waals surface area contributed by atoms with E-state index in [1.165, 1.54) is 6.33 Å². The van der Waals surface area contributed by atoms with Gasteiger partial charge in [0.25, 0.3) is 0 Å². The van der Waals surface area contributed by atoms with E-state index in [1.54, 1.807) is 0 Å². The molecular weight excluding hydrogens is 213 g/mol. The Balaban J connectivity index is 2.44. The zero-order valence-electron chi connectivity index (χ0n) is 9.72. The van der Waals surface area contributed by atoms with Crippen molar-refractivity contribution in [2.45, 2.75) is 26.2 Å². The minimum Gasteiger partial charge on any atom is -0.382 e. The van der Waals surface area contributed by atoms with Crippen LogP contribution in [0, 0.1) is 12.3 Å². The predicted molar refractivity (Wildman–Crippen MR) is 69.1 cm³/mol. The van der Waals surface area contributed by atoms with Crippen molar-refractivity contribution >= 4 is 30.0 Å². The summed E-state index contributed by atoms with van der Waals surface area (Å²) >= 11 is 0. The maximum atomic E-state index is 5.77. The fourth-order valence-electron chi connectivity index (χ4n) is 1.75. The summed E-state index contributed by atoms with van der Waals surface area (Å²) in [6, 6.07) is 0. The zero-order valence-corrected chi connectivity index (χ0v) is 9.72. The number of imidazole rings is 1. The molecule has 1 radical (unpaired) electrons. The number of hydrogen-bond acceptors (Lipinski definition) is 4. The second-order valence-corrected chi connectivity index (χ2v) is 3.65. The van der Waals surface area contributed by atoms with Crippen LogP contribution in [0.3, 0.4) is 0 Å². The van der Waals surface area contributed by atoms with E-state index in [4.69, 9.17) is 12.2 Å². The molecule has 2 aromatic rings. The molecule has 0 amide bonds. The highest BCUT2D eigenvalue weighted by molar-refractivity contribution is 6.50. The first-order valence-corrected chi connectivity index (χ1v) is 5.47. The molecule has 0 saturated heterocycles. The topological polar surface area (TPSA) is 69.6 Å². The third-order valence-electron chi connectivity index (χ3n) is 2.55. The quantitative estimate of drug-likeness (QED) is 0.459. The lowest BCUT2D eigenvalue weighted by Crippen LogP contribution is -2.24. The number of nitrogens with zero attached hydrogens (tertiary/aromatic N) is 4. The molecule has 0 aliphatic carbocycles. The highest BCUT2D eigenvalue weighted by atomic mass is 15.1. The molecule has 0 aliphatic heterocycles. The molecule has 6 heteroatoms. The molecule has 0 saturated carbocycles. The van der Waals surface area contributed by atoms with Gasteiger partial charge in [0.15, 0.2) is 18.7 Å². The summed E-state index contributed by atoms with van der Waals surface area (Å²) < 4.78 is 2.02. The molecule has 0 unspecified atom stereocenters. The van der Waals surface area contributed by atoms with Gasteiger partial charge in [-0.15, -0.1) is 12.3 Å². The van der Waals surface area contributed by atoms with Gasteiger partial charge in [0.2, 0.25) is 0 Å². The van der Waals surface area contributed by atoms with Gasteiger partial charge in [-0.1, -0.05) is 6.82 Å². The average molecular weight is 226 g/mol. The molecule has 0 spiro atoms. The smallest absolute Gasteiger partial charge is 0.198 e. The van der Waals surface area contributed by atoms with Crippen molar-refractivity contribution in [1.82, 2.24) is 19.5 Å². The lowest BCUT2D eigenvalue weighted by atomic mass is 9.81. The zero-order chi connectivity index (χ0) is 12.3. The summed E-state index contributed by atoms with van der Waals surface area (Å²) in [6.07, 6.45) is 8.34. The Morgan fingerprint density at radius 2 is 2.35 bits per heavy atom. The van der Waals surface area contributed by atoms with E-state index in [-0.39, 0.29) is 0 Å². The van der Waals surface area contributed by atoms with Crippen LogP contribution in [-0.4, -0.2) is 26.8 Å². The number of terminal acetylenes is 1. The Kier molecular flexibility index (Phi) is 3.28. The number of aromatic nitrogens is 4. The van der Waals surface area contributed by atoms with Crippen LogP contribution in [0.5, 0.6) is 0 Å². The molecule has 0 aliphatic rings. The van der Waals surface area contributed by atoms with Gasteiger partial charge in [-0.2, -0.15) is 0 Å². The van der Waals surface area contributed by atoms with E-state index in [9.17, 15) is 0 Å². The second kappa shape index (κ2) is 4.87. The van der Waals surface area contributed by atoms with Crippen molar-refractivity contribution in [1.29, 1.82) is 0 Å². The van der Waals surface area contributed by atoms with Crippen molar-refractivity contribution in [3.63, 3.8) is 0 Å². The van der Waals surface area contributed by atoms with Crippen molar-refractivity contribution in [3.05, 3.63) is 6.33 Å². The maximum Gasteiger partial charge on any atom is 0.198 e. The Bertz CT molecular complexity index is 569. The molecular formula is C11H13BN5. The SMILES string of the molecule is C#CCCCn1c([B]C)nc2c(N)ncnc21. The summed E-state index contributed by atoms with van der Waals surface area (Å²) in [4.78, 5) is 12.6. The second-order valence-electron chi connectivity index (χ2n) is 3.65.